The van der Waals surface area contributed by atoms with Crippen molar-refractivity contribution in [3.63, 3.8) is 0 Å². The predicted octanol–water partition coefficient (Wildman–Crippen LogP) is 2.50. The van der Waals surface area contributed by atoms with Crippen LogP contribution in [0.3, 0.4) is 0 Å². The summed E-state index contributed by atoms with van der Waals surface area (Å²) in [5.74, 6) is 1.05. The molecular weight excluding hydrogens is 330 g/mol. The van der Waals surface area contributed by atoms with E-state index in [0.29, 0.717) is 22.3 Å². The molecule has 1 N–H and O–H groups in total. The summed E-state index contributed by atoms with van der Waals surface area (Å²) in [7, 11) is 1.79. The Balaban J connectivity index is 1.71. The molecule has 0 aliphatic carbocycles. The summed E-state index contributed by atoms with van der Waals surface area (Å²) in [4.78, 5) is 30.0. The van der Waals surface area contributed by atoms with Gasteiger partial charge in [-0.25, -0.2) is 4.98 Å². The number of aryl methyl sites for hydroxylation is 2. The van der Waals surface area contributed by atoms with Crippen LogP contribution in [0.5, 0.6) is 0 Å². The van der Waals surface area contributed by atoms with E-state index in [1.54, 1.807) is 46.8 Å². The molecule has 7 heteroatoms. The Morgan fingerprint density at radius 2 is 2.00 bits per heavy atom. The Kier molecular flexibility index (Phi) is 4.28. The second-order valence-electron chi connectivity index (χ2n) is 6.71. The zero-order valence-corrected chi connectivity index (χ0v) is 14.7. The smallest absolute Gasteiger partial charge is 0.261 e. The molecule has 0 bridgehead atoms. The van der Waals surface area contributed by atoms with Crippen LogP contribution in [-0.2, 0) is 20.0 Å². The fourth-order valence-corrected chi connectivity index (χ4v) is 3.41. The molecule has 1 aliphatic heterocycles. The lowest BCUT2D eigenvalue weighted by Crippen LogP contribution is -2.26. The number of carbonyl (C=O) groups excluding carboxylic acids is 1. The number of nitrogens with zero attached hydrogens (tertiary/aromatic N) is 4. The third kappa shape index (κ3) is 3.12. The van der Waals surface area contributed by atoms with E-state index in [-0.39, 0.29) is 11.5 Å². The van der Waals surface area contributed by atoms with Gasteiger partial charge in [0.1, 0.15) is 5.82 Å². The van der Waals surface area contributed by atoms with Gasteiger partial charge < -0.3 is 5.32 Å². The minimum absolute atomic E-state index is 0.0106. The van der Waals surface area contributed by atoms with Gasteiger partial charge in [0.15, 0.2) is 5.82 Å². The monoisotopic (exact) mass is 351 g/mol. The number of fused-ring (bicyclic) bond motifs is 2. The fraction of sp³-hybridized carbons (Fsp3) is 0.368. The molecule has 1 amide bonds. The van der Waals surface area contributed by atoms with E-state index in [1.165, 1.54) is 6.42 Å². The lowest BCUT2D eigenvalue weighted by atomic mass is 10.1. The SMILES string of the molecule is Cn1ccc(NC(=O)c2ccc3c(=O)n4c(nc3c2)CCCCCC4)n1. The van der Waals surface area contributed by atoms with Crippen LogP contribution in [0.25, 0.3) is 10.9 Å². The number of anilines is 1. The van der Waals surface area contributed by atoms with Crippen LogP contribution in [0.4, 0.5) is 5.82 Å². The molecule has 1 aliphatic rings. The molecule has 134 valence electrons. The average Bonchev–Trinajstić information content (AvgIpc) is 3.01. The molecule has 3 heterocycles. The van der Waals surface area contributed by atoms with Gasteiger partial charge >= 0.3 is 0 Å². The first-order valence-electron chi connectivity index (χ1n) is 8.96. The van der Waals surface area contributed by atoms with Crippen LogP contribution < -0.4 is 10.9 Å². The van der Waals surface area contributed by atoms with E-state index >= 15 is 0 Å². The summed E-state index contributed by atoms with van der Waals surface area (Å²) >= 11 is 0. The van der Waals surface area contributed by atoms with E-state index in [2.05, 4.69) is 10.4 Å². The number of carbonyl (C=O) groups is 1. The lowest BCUT2D eigenvalue weighted by Gasteiger charge is -2.16. The third-order valence-corrected chi connectivity index (χ3v) is 4.78. The molecule has 0 radical (unpaired) electrons. The van der Waals surface area contributed by atoms with Crippen LogP contribution in [0, 0.1) is 0 Å². The molecule has 0 spiro atoms. The Morgan fingerprint density at radius 3 is 2.81 bits per heavy atom. The van der Waals surface area contributed by atoms with Crippen LogP contribution in [0.15, 0.2) is 35.3 Å². The molecule has 26 heavy (non-hydrogen) atoms. The highest BCUT2D eigenvalue weighted by Crippen LogP contribution is 2.17. The zero-order valence-electron chi connectivity index (χ0n) is 14.7. The van der Waals surface area contributed by atoms with E-state index in [4.69, 9.17) is 4.98 Å². The van der Waals surface area contributed by atoms with Crippen LogP contribution in [-0.4, -0.2) is 25.2 Å². The average molecular weight is 351 g/mol. The molecule has 4 rings (SSSR count). The van der Waals surface area contributed by atoms with Crippen molar-refractivity contribution in [1.82, 2.24) is 19.3 Å². The number of hydrogen-bond donors (Lipinski definition) is 1. The van der Waals surface area contributed by atoms with Gasteiger partial charge in [-0.05, 0) is 31.0 Å². The van der Waals surface area contributed by atoms with E-state index < -0.39 is 0 Å². The van der Waals surface area contributed by atoms with E-state index in [1.807, 2.05) is 0 Å². The first-order valence-corrected chi connectivity index (χ1v) is 8.96. The van der Waals surface area contributed by atoms with Crippen molar-refractivity contribution in [2.75, 3.05) is 5.32 Å². The maximum absolute atomic E-state index is 12.8. The first-order chi connectivity index (χ1) is 12.6. The quantitative estimate of drug-likeness (QED) is 0.769. The molecular formula is C19H21N5O2. The van der Waals surface area contributed by atoms with Crippen molar-refractivity contribution in [3.8, 4) is 0 Å². The molecule has 0 saturated carbocycles. The topological polar surface area (TPSA) is 81.8 Å². The molecule has 0 fully saturated rings. The third-order valence-electron chi connectivity index (χ3n) is 4.78. The van der Waals surface area contributed by atoms with Gasteiger partial charge in [0.2, 0.25) is 0 Å². The van der Waals surface area contributed by atoms with Gasteiger partial charge in [0, 0.05) is 37.8 Å². The summed E-state index contributed by atoms with van der Waals surface area (Å²) in [6.07, 6.45) is 6.92. The Labute approximate surface area is 150 Å². The van der Waals surface area contributed by atoms with Crippen LogP contribution >= 0.6 is 0 Å². The number of benzene rings is 1. The molecule has 0 atom stereocenters. The lowest BCUT2D eigenvalue weighted by molar-refractivity contribution is 0.102. The maximum Gasteiger partial charge on any atom is 0.261 e. The van der Waals surface area contributed by atoms with E-state index in [0.717, 1.165) is 38.1 Å². The van der Waals surface area contributed by atoms with Crippen LogP contribution in [0.2, 0.25) is 0 Å². The number of hydrogen-bond acceptors (Lipinski definition) is 4. The molecule has 0 unspecified atom stereocenters. The molecule has 2 aromatic heterocycles. The summed E-state index contributed by atoms with van der Waals surface area (Å²) < 4.78 is 3.42. The summed E-state index contributed by atoms with van der Waals surface area (Å²) in [6, 6.07) is 6.78. The molecule has 1 aromatic carbocycles. The number of aromatic nitrogens is 4. The maximum atomic E-state index is 12.8. The summed E-state index contributed by atoms with van der Waals surface area (Å²) in [5, 5.41) is 7.46. The summed E-state index contributed by atoms with van der Waals surface area (Å²) in [5.41, 5.74) is 1.03. The Bertz CT molecular complexity index is 1030. The highest BCUT2D eigenvalue weighted by Gasteiger charge is 2.15. The molecule has 0 saturated heterocycles. The summed E-state index contributed by atoms with van der Waals surface area (Å²) in [6.45, 7) is 0.721. The first kappa shape index (κ1) is 16.5. The minimum atomic E-state index is -0.265. The zero-order chi connectivity index (χ0) is 18.1. The fourth-order valence-electron chi connectivity index (χ4n) is 3.41. The number of rotatable bonds is 2. The van der Waals surface area contributed by atoms with Crippen molar-refractivity contribution in [3.05, 3.63) is 52.2 Å². The normalized spacial score (nSPS) is 14.5. The standard InChI is InChI=1S/C19H21N5O2/c1-23-11-9-16(22-23)21-18(25)13-7-8-14-15(12-13)20-17-6-4-2-3-5-10-24(17)19(14)26/h7-9,11-12H,2-6,10H2,1H3,(H,21,22,25). The second kappa shape index (κ2) is 6.74. The van der Waals surface area contributed by atoms with Gasteiger partial charge in [-0.1, -0.05) is 12.8 Å². The molecule has 7 nitrogen and oxygen atoms in total. The van der Waals surface area contributed by atoms with E-state index in [9.17, 15) is 9.59 Å². The van der Waals surface area contributed by atoms with Crippen molar-refractivity contribution in [2.24, 2.45) is 7.05 Å². The van der Waals surface area contributed by atoms with Gasteiger partial charge in [-0.3, -0.25) is 18.8 Å². The minimum Gasteiger partial charge on any atom is -0.305 e. The predicted molar refractivity (Wildman–Crippen MR) is 99.3 cm³/mol. The highest BCUT2D eigenvalue weighted by atomic mass is 16.1. The molecule has 3 aromatic rings. The Hall–Kier alpha value is -2.96. The van der Waals surface area contributed by atoms with Gasteiger partial charge in [-0.2, -0.15) is 5.10 Å². The highest BCUT2D eigenvalue weighted by molar-refractivity contribution is 6.05. The van der Waals surface area contributed by atoms with Crippen molar-refractivity contribution >= 4 is 22.6 Å². The van der Waals surface area contributed by atoms with Crippen molar-refractivity contribution in [2.45, 2.75) is 38.6 Å². The van der Waals surface area contributed by atoms with Gasteiger partial charge in [-0.15, -0.1) is 0 Å². The largest absolute Gasteiger partial charge is 0.305 e. The van der Waals surface area contributed by atoms with Gasteiger partial charge in [0.05, 0.1) is 10.9 Å². The number of amides is 1. The van der Waals surface area contributed by atoms with Crippen LogP contribution in [0.1, 0.15) is 41.9 Å². The number of nitrogens with one attached hydrogen (secondary N) is 1. The van der Waals surface area contributed by atoms with Crippen molar-refractivity contribution in [1.29, 1.82) is 0 Å². The Morgan fingerprint density at radius 1 is 1.15 bits per heavy atom. The van der Waals surface area contributed by atoms with Gasteiger partial charge in [0.25, 0.3) is 11.5 Å². The van der Waals surface area contributed by atoms with Crippen molar-refractivity contribution < 1.29 is 4.79 Å². The second-order valence-corrected chi connectivity index (χ2v) is 6.71.